The highest BCUT2D eigenvalue weighted by molar-refractivity contribution is 5.85. The highest BCUT2D eigenvalue weighted by Crippen LogP contribution is 2.42. The Morgan fingerprint density at radius 2 is 1.89 bits per heavy atom. The Balaban J connectivity index is 1.62. The second-order valence-corrected chi connectivity index (χ2v) is 8.68. The Morgan fingerprint density at radius 3 is 2.74 bits per heavy atom. The van der Waals surface area contributed by atoms with Crippen LogP contribution in [0.1, 0.15) is 29.9 Å². The second kappa shape index (κ2) is 8.58. The molecule has 2 aromatic carbocycles. The molecule has 3 aromatic heterocycles. The van der Waals surface area contributed by atoms with Gasteiger partial charge in [0, 0.05) is 35.9 Å². The molecule has 11 nitrogen and oxygen atoms in total. The summed E-state index contributed by atoms with van der Waals surface area (Å²) in [7, 11) is 3.32. The van der Waals surface area contributed by atoms with E-state index in [2.05, 4.69) is 73.2 Å². The molecule has 4 heterocycles. The first-order valence-electron chi connectivity index (χ1n) is 11.5. The number of methoxy groups -OCH3 is 2. The molecule has 178 valence electrons. The quantitative estimate of drug-likeness (QED) is 0.354. The van der Waals surface area contributed by atoms with E-state index in [9.17, 15) is 0 Å². The first-order valence-corrected chi connectivity index (χ1v) is 11.5. The number of tetrazole rings is 2. The van der Waals surface area contributed by atoms with Crippen molar-refractivity contribution in [3.05, 3.63) is 65.5 Å². The molecule has 2 unspecified atom stereocenters. The molecule has 0 aliphatic carbocycles. The van der Waals surface area contributed by atoms with Crippen LogP contribution in [0.2, 0.25) is 0 Å². The fourth-order valence-electron chi connectivity index (χ4n) is 5.06. The number of benzene rings is 2. The molecule has 0 spiro atoms. The number of pyridine rings is 1. The summed E-state index contributed by atoms with van der Waals surface area (Å²) in [6.07, 6.45) is 0.929. The number of para-hydroxylation sites is 1. The van der Waals surface area contributed by atoms with Crippen molar-refractivity contribution in [2.24, 2.45) is 0 Å². The van der Waals surface area contributed by atoms with Gasteiger partial charge in [0.05, 0.1) is 25.8 Å². The fraction of sp³-hybridized carbons (Fsp3) is 0.333. The number of ether oxygens (including phenoxy) is 2. The maximum Gasteiger partial charge on any atom is 0.185 e. The zero-order valence-electron chi connectivity index (χ0n) is 19.7. The normalized spacial score (nSPS) is 16.2. The van der Waals surface area contributed by atoms with Gasteiger partial charge in [0.15, 0.2) is 11.5 Å². The van der Waals surface area contributed by atoms with Crippen LogP contribution in [-0.4, -0.2) is 67.1 Å². The Hall–Kier alpha value is -4.12. The highest BCUT2D eigenvalue weighted by Gasteiger charge is 2.38. The molecular weight excluding hydrogens is 446 g/mol. The monoisotopic (exact) mass is 471 g/mol. The van der Waals surface area contributed by atoms with Crippen LogP contribution in [0.3, 0.4) is 0 Å². The van der Waals surface area contributed by atoms with E-state index in [1.807, 2.05) is 18.2 Å². The van der Waals surface area contributed by atoms with Crippen LogP contribution in [0, 0.1) is 0 Å². The summed E-state index contributed by atoms with van der Waals surface area (Å²) in [5, 5.41) is 26.6. The summed E-state index contributed by atoms with van der Waals surface area (Å²) in [5.74, 6) is 1.45. The van der Waals surface area contributed by atoms with Crippen LogP contribution in [-0.2, 0) is 17.7 Å². The summed E-state index contributed by atoms with van der Waals surface area (Å²) >= 11 is 0. The standard InChI is InChI=1S/C24H25N9O2/c1-15-12-16-6-4-5-7-20(16)32(15)22(24-26-27-29-31(24)10-11-34-2)19-13-17-8-9-18(35-3)14-21(17)33-23(19)25-28-30-33/h4-9,13-15,22H,10-12H2,1-3H3. The van der Waals surface area contributed by atoms with Crippen LogP contribution in [0.15, 0.2) is 48.5 Å². The average molecular weight is 472 g/mol. The van der Waals surface area contributed by atoms with Crippen molar-refractivity contribution < 1.29 is 9.47 Å². The molecule has 0 bridgehead atoms. The Kier molecular flexibility index (Phi) is 5.25. The molecular formula is C24H25N9O2. The molecule has 0 fully saturated rings. The van der Waals surface area contributed by atoms with Gasteiger partial charge in [0.25, 0.3) is 0 Å². The number of aromatic nitrogens is 8. The molecule has 11 heteroatoms. The summed E-state index contributed by atoms with van der Waals surface area (Å²) in [5.41, 5.74) is 4.88. The molecule has 0 radical (unpaired) electrons. The fourth-order valence-corrected chi connectivity index (χ4v) is 5.06. The summed E-state index contributed by atoms with van der Waals surface area (Å²) < 4.78 is 14.3. The van der Waals surface area contributed by atoms with Crippen LogP contribution >= 0.6 is 0 Å². The third-order valence-electron chi connectivity index (χ3n) is 6.65. The molecule has 35 heavy (non-hydrogen) atoms. The van der Waals surface area contributed by atoms with Gasteiger partial charge in [0.1, 0.15) is 11.8 Å². The van der Waals surface area contributed by atoms with E-state index in [-0.39, 0.29) is 12.1 Å². The minimum atomic E-state index is -0.319. The molecule has 0 amide bonds. The maximum absolute atomic E-state index is 5.44. The Bertz CT molecular complexity index is 1510. The van der Waals surface area contributed by atoms with E-state index in [4.69, 9.17) is 9.47 Å². The van der Waals surface area contributed by atoms with Gasteiger partial charge in [-0.15, -0.1) is 10.2 Å². The Labute approximate surface area is 201 Å². The van der Waals surface area contributed by atoms with Gasteiger partial charge in [-0.25, -0.2) is 4.68 Å². The van der Waals surface area contributed by atoms with Gasteiger partial charge in [0.2, 0.25) is 0 Å². The summed E-state index contributed by atoms with van der Waals surface area (Å²) in [6.45, 7) is 3.25. The van der Waals surface area contributed by atoms with E-state index in [1.165, 1.54) is 5.56 Å². The van der Waals surface area contributed by atoms with Crippen molar-refractivity contribution >= 4 is 22.2 Å². The topological polar surface area (TPSA) is 108 Å². The smallest absolute Gasteiger partial charge is 0.185 e. The van der Waals surface area contributed by atoms with E-state index < -0.39 is 0 Å². The Morgan fingerprint density at radius 1 is 1.03 bits per heavy atom. The van der Waals surface area contributed by atoms with Crippen molar-refractivity contribution in [2.45, 2.75) is 32.0 Å². The van der Waals surface area contributed by atoms with Crippen molar-refractivity contribution in [1.82, 2.24) is 40.2 Å². The summed E-state index contributed by atoms with van der Waals surface area (Å²) in [6, 6.07) is 16.4. The minimum absolute atomic E-state index is 0.215. The minimum Gasteiger partial charge on any atom is -0.497 e. The lowest BCUT2D eigenvalue weighted by atomic mass is 10.0. The maximum atomic E-state index is 5.44. The second-order valence-electron chi connectivity index (χ2n) is 8.68. The highest BCUT2D eigenvalue weighted by atomic mass is 16.5. The van der Waals surface area contributed by atoms with Crippen molar-refractivity contribution in [2.75, 3.05) is 25.7 Å². The van der Waals surface area contributed by atoms with Crippen LogP contribution in [0.25, 0.3) is 16.6 Å². The number of anilines is 1. The number of rotatable bonds is 7. The molecule has 5 aromatic rings. The number of nitrogens with zero attached hydrogens (tertiary/aromatic N) is 9. The lowest BCUT2D eigenvalue weighted by Gasteiger charge is -2.33. The van der Waals surface area contributed by atoms with Gasteiger partial charge in [-0.05, 0) is 64.0 Å². The van der Waals surface area contributed by atoms with Gasteiger partial charge in [-0.1, -0.05) is 18.2 Å². The van der Waals surface area contributed by atoms with Crippen LogP contribution in [0.5, 0.6) is 5.75 Å². The molecule has 1 aliphatic rings. The third-order valence-corrected chi connectivity index (χ3v) is 6.65. The predicted molar refractivity (Wildman–Crippen MR) is 128 cm³/mol. The first-order chi connectivity index (χ1) is 17.2. The van der Waals surface area contributed by atoms with Crippen molar-refractivity contribution in [1.29, 1.82) is 0 Å². The molecule has 0 N–H and O–H groups in total. The van der Waals surface area contributed by atoms with E-state index in [1.54, 1.807) is 23.4 Å². The first kappa shape index (κ1) is 21.4. The van der Waals surface area contributed by atoms with E-state index in [0.717, 1.165) is 34.3 Å². The molecule has 6 rings (SSSR count). The van der Waals surface area contributed by atoms with Gasteiger partial charge < -0.3 is 14.4 Å². The molecule has 0 saturated carbocycles. The largest absolute Gasteiger partial charge is 0.497 e. The zero-order chi connectivity index (χ0) is 23.9. The lowest BCUT2D eigenvalue weighted by Crippen LogP contribution is -2.36. The summed E-state index contributed by atoms with van der Waals surface area (Å²) in [4.78, 5) is 2.38. The van der Waals surface area contributed by atoms with E-state index >= 15 is 0 Å². The zero-order valence-corrected chi connectivity index (χ0v) is 19.7. The van der Waals surface area contributed by atoms with Crippen molar-refractivity contribution in [3.63, 3.8) is 0 Å². The molecule has 1 aliphatic heterocycles. The van der Waals surface area contributed by atoms with Crippen LogP contribution < -0.4 is 9.64 Å². The SMILES string of the molecule is COCCn1nnnc1C(c1cc2ccc(OC)cc2n2nnnc12)N1c2ccccc2CC1C. The van der Waals surface area contributed by atoms with Crippen molar-refractivity contribution in [3.8, 4) is 5.75 Å². The van der Waals surface area contributed by atoms with Gasteiger partial charge in [-0.2, -0.15) is 4.52 Å². The average Bonchev–Trinajstić information content (AvgIpc) is 3.62. The number of hydrogen-bond acceptors (Lipinski definition) is 9. The number of fused-ring (bicyclic) bond motifs is 4. The molecule has 0 saturated heterocycles. The van der Waals surface area contributed by atoms with Crippen LogP contribution in [0.4, 0.5) is 5.69 Å². The van der Waals surface area contributed by atoms with Gasteiger partial charge in [-0.3, -0.25) is 0 Å². The third kappa shape index (κ3) is 3.46. The number of hydrogen-bond donors (Lipinski definition) is 0. The van der Waals surface area contributed by atoms with Gasteiger partial charge >= 0.3 is 0 Å². The van der Waals surface area contributed by atoms with E-state index in [0.29, 0.717) is 24.6 Å². The molecule has 2 atom stereocenters. The lowest BCUT2D eigenvalue weighted by molar-refractivity contribution is 0.181. The predicted octanol–water partition coefficient (Wildman–Crippen LogP) is 2.46.